The fourth-order valence-corrected chi connectivity index (χ4v) is 1.56. The number of esters is 1. The van der Waals surface area contributed by atoms with Gasteiger partial charge in [-0.2, -0.15) is 0 Å². The molecule has 0 aliphatic heterocycles. The van der Waals surface area contributed by atoms with Gasteiger partial charge in [-0.1, -0.05) is 19.8 Å². The van der Waals surface area contributed by atoms with Gasteiger partial charge in [-0.05, 0) is 26.9 Å². The van der Waals surface area contributed by atoms with Gasteiger partial charge in [0.25, 0.3) is 0 Å². The SMILES string of the molecule is CCCCCN(C)CC(O)CC(=O)OCC. The standard InChI is InChI=1S/C12H25NO3/c1-4-6-7-8-13(3)10-11(14)9-12(15)16-5-2/h11,14H,4-10H2,1-3H3. The van der Waals surface area contributed by atoms with Crippen LogP contribution in [-0.2, 0) is 9.53 Å². The van der Waals surface area contributed by atoms with Gasteiger partial charge >= 0.3 is 5.97 Å². The smallest absolute Gasteiger partial charge is 0.308 e. The number of aliphatic hydroxyl groups excluding tert-OH is 1. The minimum atomic E-state index is -0.620. The average Bonchev–Trinajstić information content (AvgIpc) is 2.17. The third-order valence-corrected chi connectivity index (χ3v) is 2.37. The molecule has 1 unspecified atom stereocenters. The van der Waals surface area contributed by atoms with Gasteiger partial charge in [0.05, 0.1) is 19.1 Å². The lowest BCUT2D eigenvalue weighted by Crippen LogP contribution is -2.31. The van der Waals surface area contributed by atoms with Crippen LogP contribution in [0.25, 0.3) is 0 Å². The van der Waals surface area contributed by atoms with Crippen molar-refractivity contribution in [3.05, 3.63) is 0 Å². The highest BCUT2D eigenvalue weighted by Gasteiger charge is 2.13. The normalized spacial score (nSPS) is 12.8. The van der Waals surface area contributed by atoms with Gasteiger partial charge < -0.3 is 14.7 Å². The largest absolute Gasteiger partial charge is 0.466 e. The average molecular weight is 231 g/mol. The molecule has 96 valence electrons. The maximum absolute atomic E-state index is 11.1. The van der Waals surface area contributed by atoms with Crippen LogP contribution in [0.5, 0.6) is 0 Å². The molecule has 0 aromatic carbocycles. The highest BCUT2D eigenvalue weighted by atomic mass is 16.5. The summed E-state index contributed by atoms with van der Waals surface area (Å²) in [5.41, 5.74) is 0. The quantitative estimate of drug-likeness (QED) is 0.481. The maximum atomic E-state index is 11.1. The topological polar surface area (TPSA) is 49.8 Å². The molecular formula is C12H25NO3. The number of ether oxygens (including phenoxy) is 1. The molecule has 0 radical (unpaired) electrons. The first kappa shape index (κ1) is 15.4. The predicted octanol–water partition coefficient (Wildman–Crippen LogP) is 1.42. The first-order valence-corrected chi connectivity index (χ1v) is 6.12. The van der Waals surface area contributed by atoms with Gasteiger partial charge in [-0.25, -0.2) is 0 Å². The van der Waals surface area contributed by atoms with Gasteiger partial charge in [0.1, 0.15) is 0 Å². The minimum absolute atomic E-state index is 0.0892. The molecule has 1 atom stereocenters. The summed E-state index contributed by atoms with van der Waals surface area (Å²) in [6.07, 6.45) is 3.01. The Balaban J connectivity index is 3.60. The van der Waals surface area contributed by atoms with Crippen molar-refractivity contribution in [3.63, 3.8) is 0 Å². The number of carbonyl (C=O) groups excluding carboxylic acids is 1. The van der Waals surface area contributed by atoms with E-state index in [1.54, 1.807) is 6.92 Å². The van der Waals surface area contributed by atoms with Crippen LogP contribution in [0.3, 0.4) is 0 Å². The molecule has 0 aliphatic carbocycles. The number of unbranched alkanes of at least 4 members (excludes halogenated alkanes) is 2. The van der Waals surface area contributed by atoms with E-state index < -0.39 is 6.10 Å². The fourth-order valence-electron chi connectivity index (χ4n) is 1.56. The Morgan fingerprint density at radius 1 is 1.38 bits per heavy atom. The van der Waals surface area contributed by atoms with Gasteiger partial charge in [0.15, 0.2) is 0 Å². The zero-order valence-corrected chi connectivity index (χ0v) is 10.7. The summed E-state index contributed by atoms with van der Waals surface area (Å²) in [6.45, 7) is 5.80. The molecule has 0 fully saturated rings. The van der Waals surface area contributed by atoms with Crippen LogP contribution in [0.1, 0.15) is 39.5 Å². The molecule has 0 rings (SSSR count). The van der Waals surface area contributed by atoms with Crippen molar-refractivity contribution in [2.75, 3.05) is 26.7 Å². The highest BCUT2D eigenvalue weighted by molar-refractivity contribution is 5.69. The summed E-state index contributed by atoms with van der Waals surface area (Å²) >= 11 is 0. The molecule has 0 heterocycles. The second kappa shape index (κ2) is 9.60. The van der Waals surface area contributed by atoms with E-state index in [1.807, 2.05) is 7.05 Å². The first-order valence-electron chi connectivity index (χ1n) is 6.12. The number of hydrogen-bond acceptors (Lipinski definition) is 4. The molecule has 0 bridgehead atoms. The van der Waals surface area contributed by atoms with Crippen LogP contribution in [0.15, 0.2) is 0 Å². The Hall–Kier alpha value is -0.610. The lowest BCUT2D eigenvalue weighted by Gasteiger charge is -2.19. The van der Waals surface area contributed by atoms with Crippen LogP contribution in [0, 0.1) is 0 Å². The summed E-state index contributed by atoms with van der Waals surface area (Å²) in [5, 5.41) is 9.63. The molecule has 16 heavy (non-hydrogen) atoms. The molecule has 4 heteroatoms. The van der Waals surface area contributed by atoms with E-state index in [0.717, 1.165) is 13.0 Å². The van der Waals surface area contributed by atoms with Crippen molar-refractivity contribution >= 4 is 5.97 Å². The van der Waals surface area contributed by atoms with Crippen LogP contribution in [-0.4, -0.2) is 48.8 Å². The highest BCUT2D eigenvalue weighted by Crippen LogP contribution is 2.00. The molecule has 0 saturated carbocycles. The van der Waals surface area contributed by atoms with E-state index >= 15 is 0 Å². The fraction of sp³-hybridized carbons (Fsp3) is 0.917. The molecular weight excluding hydrogens is 206 g/mol. The van der Waals surface area contributed by atoms with Crippen LogP contribution in [0.2, 0.25) is 0 Å². The van der Waals surface area contributed by atoms with Crippen molar-refractivity contribution in [1.82, 2.24) is 4.90 Å². The first-order chi connectivity index (χ1) is 7.60. The van der Waals surface area contributed by atoms with Crippen molar-refractivity contribution < 1.29 is 14.6 Å². The van der Waals surface area contributed by atoms with Crippen molar-refractivity contribution in [3.8, 4) is 0 Å². The van der Waals surface area contributed by atoms with Crippen LogP contribution < -0.4 is 0 Å². The summed E-state index contributed by atoms with van der Waals surface area (Å²) < 4.78 is 4.78. The van der Waals surface area contributed by atoms with Crippen molar-refractivity contribution in [2.24, 2.45) is 0 Å². The number of hydrogen-bond donors (Lipinski definition) is 1. The number of aliphatic hydroxyl groups is 1. The Kier molecular flexibility index (Phi) is 9.24. The van der Waals surface area contributed by atoms with Crippen molar-refractivity contribution in [2.45, 2.75) is 45.6 Å². The Labute approximate surface area is 98.6 Å². The Morgan fingerprint density at radius 3 is 2.62 bits per heavy atom. The number of rotatable bonds is 9. The second-order valence-electron chi connectivity index (χ2n) is 4.13. The van der Waals surface area contributed by atoms with Crippen LogP contribution >= 0.6 is 0 Å². The van der Waals surface area contributed by atoms with Crippen LogP contribution in [0.4, 0.5) is 0 Å². The maximum Gasteiger partial charge on any atom is 0.308 e. The molecule has 0 spiro atoms. The zero-order chi connectivity index (χ0) is 12.4. The van der Waals surface area contributed by atoms with Gasteiger partial charge in [-0.15, -0.1) is 0 Å². The van der Waals surface area contributed by atoms with E-state index in [9.17, 15) is 9.90 Å². The molecule has 0 aromatic rings. The zero-order valence-electron chi connectivity index (χ0n) is 10.7. The van der Waals surface area contributed by atoms with Gasteiger partial charge in [-0.3, -0.25) is 4.79 Å². The Morgan fingerprint density at radius 2 is 2.06 bits per heavy atom. The predicted molar refractivity (Wildman–Crippen MR) is 64.3 cm³/mol. The molecule has 4 nitrogen and oxygen atoms in total. The van der Waals surface area contributed by atoms with E-state index in [2.05, 4.69) is 11.8 Å². The summed E-state index contributed by atoms with van der Waals surface area (Å²) in [4.78, 5) is 13.1. The minimum Gasteiger partial charge on any atom is -0.466 e. The molecule has 0 amide bonds. The summed E-state index contributed by atoms with van der Waals surface area (Å²) in [5.74, 6) is -0.322. The lowest BCUT2D eigenvalue weighted by atomic mass is 10.2. The van der Waals surface area contributed by atoms with E-state index in [0.29, 0.717) is 13.2 Å². The molecule has 0 saturated heterocycles. The molecule has 1 N–H and O–H groups in total. The number of carbonyl (C=O) groups is 1. The summed E-state index contributed by atoms with van der Waals surface area (Å²) in [7, 11) is 1.96. The van der Waals surface area contributed by atoms with E-state index in [-0.39, 0.29) is 12.4 Å². The third-order valence-electron chi connectivity index (χ3n) is 2.37. The molecule has 0 aromatic heterocycles. The molecule has 0 aliphatic rings. The monoisotopic (exact) mass is 231 g/mol. The third kappa shape index (κ3) is 8.68. The van der Waals surface area contributed by atoms with Gasteiger partial charge in [0.2, 0.25) is 0 Å². The number of likely N-dealkylation sites (N-methyl/N-ethyl adjacent to an activating group) is 1. The van der Waals surface area contributed by atoms with Crippen molar-refractivity contribution in [1.29, 1.82) is 0 Å². The van der Waals surface area contributed by atoms with E-state index in [4.69, 9.17) is 4.74 Å². The van der Waals surface area contributed by atoms with Gasteiger partial charge in [0, 0.05) is 6.54 Å². The van der Waals surface area contributed by atoms with E-state index in [1.165, 1.54) is 12.8 Å². The summed E-state index contributed by atoms with van der Waals surface area (Å²) in [6, 6.07) is 0. The Bertz CT molecular complexity index is 185. The lowest BCUT2D eigenvalue weighted by molar-refractivity contribution is -0.145. The number of nitrogens with zero attached hydrogens (tertiary/aromatic N) is 1. The second-order valence-corrected chi connectivity index (χ2v) is 4.13.